The first-order chi connectivity index (χ1) is 10.2. The number of carbonyl (C=O) groups is 1. The summed E-state index contributed by atoms with van der Waals surface area (Å²) in [6.07, 6.45) is 2.96. The Hall–Kier alpha value is -0.230. The molecular formula is C16H22BrClN2OS. The van der Waals surface area contributed by atoms with Gasteiger partial charge in [0.15, 0.2) is 0 Å². The quantitative estimate of drug-likeness (QED) is 0.814. The molecule has 3 rings (SSSR count). The summed E-state index contributed by atoms with van der Waals surface area (Å²) in [5.41, 5.74) is 1.20. The molecule has 1 aliphatic heterocycles. The summed E-state index contributed by atoms with van der Waals surface area (Å²) in [4.78, 5) is 14.7. The van der Waals surface area contributed by atoms with Crippen molar-refractivity contribution in [3.63, 3.8) is 0 Å². The van der Waals surface area contributed by atoms with Crippen molar-refractivity contribution < 1.29 is 4.79 Å². The number of hydrogen-bond acceptors (Lipinski definition) is 3. The van der Waals surface area contributed by atoms with Gasteiger partial charge in [-0.25, -0.2) is 0 Å². The van der Waals surface area contributed by atoms with Gasteiger partial charge in [0, 0.05) is 47.6 Å². The Morgan fingerprint density at radius 1 is 1.41 bits per heavy atom. The van der Waals surface area contributed by atoms with E-state index in [9.17, 15) is 4.79 Å². The fourth-order valence-electron chi connectivity index (χ4n) is 2.72. The van der Waals surface area contributed by atoms with Crippen molar-refractivity contribution in [2.24, 2.45) is 0 Å². The van der Waals surface area contributed by atoms with Crippen LogP contribution in [-0.2, 0) is 11.3 Å². The van der Waals surface area contributed by atoms with Crippen LogP contribution in [0.15, 0.2) is 28.7 Å². The Bertz CT molecular complexity index is 507. The molecule has 0 radical (unpaired) electrons. The van der Waals surface area contributed by atoms with Crippen molar-refractivity contribution in [3.8, 4) is 0 Å². The summed E-state index contributed by atoms with van der Waals surface area (Å²) in [6.45, 7) is 1.76. The lowest BCUT2D eigenvalue weighted by Gasteiger charge is -2.27. The molecule has 1 saturated heterocycles. The molecule has 1 atom stereocenters. The number of benzene rings is 1. The topological polar surface area (TPSA) is 32.3 Å². The highest BCUT2D eigenvalue weighted by atomic mass is 79.9. The van der Waals surface area contributed by atoms with E-state index < -0.39 is 0 Å². The van der Waals surface area contributed by atoms with Crippen LogP contribution in [0.2, 0.25) is 0 Å². The smallest absolute Gasteiger partial charge is 0.224 e. The van der Waals surface area contributed by atoms with Gasteiger partial charge >= 0.3 is 0 Å². The molecule has 1 unspecified atom stereocenters. The van der Waals surface area contributed by atoms with Crippen molar-refractivity contribution in [1.29, 1.82) is 0 Å². The van der Waals surface area contributed by atoms with Gasteiger partial charge in [0.05, 0.1) is 0 Å². The maximum Gasteiger partial charge on any atom is 0.224 e. The van der Waals surface area contributed by atoms with Gasteiger partial charge in [-0.1, -0.05) is 28.1 Å². The molecule has 1 amide bonds. The van der Waals surface area contributed by atoms with Crippen LogP contribution in [-0.4, -0.2) is 40.9 Å². The van der Waals surface area contributed by atoms with Crippen LogP contribution in [0.4, 0.5) is 0 Å². The second kappa shape index (κ2) is 8.57. The number of amides is 1. The maximum atomic E-state index is 12.6. The standard InChI is InChI=1S/C16H21BrN2OS.ClH/c17-13-3-1-2-12(8-13)10-19(15-4-5-15)16(20)9-14-11-21-7-6-18-14;/h1-3,8,14-15,18H,4-7,9-11H2;1H. The van der Waals surface area contributed by atoms with Gasteiger partial charge in [0.25, 0.3) is 0 Å². The summed E-state index contributed by atoms with van der Waals surface area (Å²) in [5.74, 6) is 2.52. The van der Waals surface area contributed by atoms with Crippen LogP contribution in [0.25, 0.3) is 0 Å². The minimum absolute atomic E-state index is 0. The molecule has 0 aromatic heterocycles. The van der Waals surface area contributed by atoms with E-state index in [0.717, 1.165) is 41.9 Å². The van der Waals surface area contributed by atoms with Crippen molar-refractivity contribution in [2.45, 2.75) is 37.9 Å². The monoisotopic (exact) mass is 404 g/mol. The summed E-state index contributed by atoms with van der Waals surface area (Å²) < 4.78 is 1.08. The summed E-state index contributed by atoms with van der Waals surface area (Å²) in [7, 11) is 0. The molecule has 22 heavy (non-hydrogen) atoms. The van der Waals surface area contributed by atoms with Gasteiger partial charge in [-0.3, -0.25) is 4.79 Å². The fourth-order valence-corrected chi connectivity index (χ4v) is 4.11. The molecule has 1 heterocycles. The molecule has 1 aliphatic carbocycles. The Morgan fingerprint density at radius 3 is 2.86 bits per heavy atom. The van der Waals surface area contributed by atoms with E-state index in [4.69, 9.17) is 0 Å². The average Bonchev–Trinajstić information content (AvgIpc) is 3.30. The van der Waals surface area contributed by atoms with Crippen molar-refractivity contribution >= 4 is 46.0 Å². The van der Waals surface area contributed by atoms with Crippen LogP contribution in [0.1, 0.15) is 24.8 Å². The number of hydrogen-bond donors (Lipinski definition) is 1. The Balaban J connectivity index is 0.00000176. The van der Waals surface area contributed by atoms with E-state index >= 15 is 0 Å². The lowest BCUT2D eigenvalue weighted by atomic mass is 10.1. The maximum absolute atomic E-state index is 12.6. The van der Waals surface area contributed by atoms with E-state index in [1.165, 1.54) is 5.56 Å². The van der Waals surface area contributed by atoms with Crippen molar-refractivity contribution in [1.82, 2.24) is 10.2 Å². The number of nitrogens with one attached hydrogen (secondary N) is 1. The average molecular weight is 406 g/mol. The minimum Gasteiger partial charge on any atom is -0.335 e. The highest BCUT2D eigenvalue weighted by molar-refractivity contribution is 9.10. The van der Waals surface area contributed by atoms with E-state index in [0.29, 0.717) is 24.4 Å². The van der Waals surface area contributed by atoms with E-state index in [2.05, 4.69) is 38.3 Å². The molecular weight excluding hydrogens is 384 g/mol. The molecule has 2 fully saturated rings. The highest BCUT2D eigenvalue weighted by Gasteiger charge is 2.33. The zero-order valence-corrected chi connectivity index (χ0v) is 15.7. The molecule has 3 nitrogen and oxygen atoms in total. The van der Waals surface area contributed by atoms with Gasteiger partial charge in [0.1, 0.15) is 0 Å². The molecule has 0 bridgehead atoms. The van der Waals surface area contributed by atoms with Crippen LogP contribution in [0.3, 0.4) is 0 Å². The van der Waals surface area contributed by atoms with Gasteiger partial charge in [-0.2, -0.15) is 11.8 Å². The normalized spacial score (nSPS) is 21.0. The molecule has 1 aromatic carbocycles. The summed E-state index contributed by atoms with van der Waals surface area (Å²) in [6, 6.07) is 9.08. The van der Waals surface area contributed by atoms with Crippen LogP contribution >= 0.6 is 40.1 Å². The van der Waals surface area contributed by atoms with Crippen LogP contribution in [0.5, 0.6) is 0 Å². The zero-order valence-electron chi connectivity index (χ0n) is 12.5. The van der Waals surface area contributed by atoms with Gasteiger partial charge < -0.3 is 10.2 Å². The number of thioether (sulfide) groups is 1. The third-order valence-electron chi connectivity index (χ3n) is 3.97. The van der Waals surface area contributed by atoms with Gasteiger partial charge in [-0.05, 0) is 30.5 Å². The first kappa shape index (κ1) is 18.1. The lowest BCUT2D eigenvalue weighted by Crippen LogP contribution is -2.43. The Labute approximate surface area is 151 Å². The Kier molecular flexibility index (Phi) is 7.06. The zero-order chi connectivity index (χ0) is 14.7. The minimum atomic E-state index is 0. The number of rotatable bonds is 5. The molecule has 1 aromatic rings. The van der Waals surface area contributed by atoms with Gasteiger partial charge in [0.2, 0.25) is 5.91 Å². The molecule has 1 saturated carbocycles. The molecule has 2 aliphatic rings. The lowest BCUT2D eigenvalue weighted by molar-refractivity contribution is -0.132. The largest absolute Gasteiger partial charge is 0.335 e. The molecule has 122 valence electrons. The second-order valence-corrected chi connectivity index (χ2v) is 7.88. The van der Waals surface area contributed by atoms with E-state index in [1.54, 1.807) is 0 Å². The van der Waals surface area contributed by atoms with Crippen LogP contribution < -0.4 is 5.32 Å². The molecule has 1 N–H and O–H groups in total. The first-order valence-electron chi connectivity index (χ1n) is 7.57. The third-order valence-corrected chi connectivity index (χ3v) is 5.59. The molecule has 0 spiro atoms. The van der Waals surface area contributed by atoms with Crippen molar-refractivity contribution in [2.75, 3.05) is 18.1 Å². The second-order valence-electron chi connectivity index (χ2n) is 5.81. The fraction of sp³-hybridized carbons (Fsp3) is 0.562. The van der Waals surface area contributed by atoms with E-state index in [-0.39, 0.29) is 12.4 Å². The van der Waals surface area contributed by atoms with Crippen molar-refractivity contribution in [3.05, 3.63) is 34.3 Å². The summed E-state index contributed by atoms with van der Waals surface area (Å²) in [5, 5.41) is 3.46. The SMILES string of the molecule is Cl.O=C(CC1CSCCN1)N(Cc1cccc(Br)c1)C1CC1. The van der Waals surface area contributed by atoms with Gasteiger partial charge in [-0.15, -0.1) is 12.4 Å². The van der Waals surface area contributed by atoms with E-state index in [1.807, 2.05) is 23.9 Å². The number of nitrogens with zero attached hydrogens (tertiary/aromatic N) is 1. The number of halogens is 2. The predicted molar refractivity (Wildman–Crippen MR) is 98.7 cm³/mol. The first-order valence-corrected chi connectivity index (χ1v) is 9.52. The summed E-state index contributed by atoms with van der Waals surface area (Å²) >= 11 is 5.45. The predicted octanol–water partition coefficient (Wildman–Crippen LogP) is 3.46. The van der Waals surface area contributed by atoms with Crippen LogP contribution in [0, 0.1) is 0 Å². The number of carbonyl (C=O) groups excluding carboxylic acids is 1. The highest BCUT2D eigenvalue weighted by Crippen LogP contribution is 2.30. The molecule has 6 heteroatoms. The third kappa shape index (κ3) is 5.15. The Morgan fingerprint density at radius 2 is 2.23 bits per heavy atom.